The maximum absolute atomic E-state index is 13.4. The first-order valence-corrected chi connectivity index (χ1v) is 8.14. The molecule has 1 aromatic heterocycles. The van der Waals surface area contributed by atoms with Gasteiger partial charge in [0.1, 0.15) is 5.82 Å². The minimum atomic E-state index is -0.412. The van der Waals surface area contributed by atoms with Crippen LogP contribution < -0.4 is 4.90 Å². The third kappa shape index (κ3) is 5.67. The molecule has 0 N–H and O–H groups in total. The number of amides is 2. The lowest BCUT2D eigenvalue weighted by atomic mass is 10.2. The van der Waals surface area contributed by atoms with Crippen molar-refractivity contribution in [1.82, 2.24) is 9.88 Å². The zero-order valence-electron chi connectivity index (χ0n) is 14.5. The zero-order chi connectivity index (χ0) is 18.2. The summed E-state index contributed by atoms with van der Waals surface area (Å²) in [5.41, 5.74) is 1.57. The zero-order valence-corrected chi connectivity index (χ0v) is 14.5. The highest BCUT2D eigenvalue weighted by atomic mass is 19.1. The van der Waals surface area contributed by atoms with Gasteiger partial charge in [-0.05, 0) is 42.3 Å². The summed E-state index contributed by atoms with van der Waals surface area (Å²) in [4.78, 5) is 31.1. The van der Waals surface area contributed by atoms with Crippen LogP contribution in [0.3, 0.4) is 0 Å². The van der Waals surface area contributed by atoms with Crippen molar-refractivity contribution < 1.29 is 14.0 Å². The van der Waals surface area contributed by atoms with Gasteiger partial charge in [-0.2, -0.15) is 0 Å². The van der Waals surface area contributed by atoms with E-state index in [1.807, 2.05) is 12.1 Å². The molecule has 1 aromatic carbocycles. The summed E-state index contributed by atoms with van der Waals surface area (Å²) in [6.45, 7) is 2.21. The molecule has 0 unspecified atom stereocenters. The van der Waals surface area contributed by atoms with Crippen molar-refractivity contribution in [3.63, 3.8) is 0 Å². The van der Waals surface area contributed by atoms with Gasteiger partial charge in [-0.15, -0.1) is 0 Å². The summed E-state index contributed by atoms with van der Waals surface area (Å²) in [6.07, 6.45) is 4.37. The van der Waals surface area contributed by atoms with Crippen molar-refractivity contribution >= 4 is 17.5 Å². The fourth-order valence-electron chi connectivity index (χ4n) is 2.48. The highest BCUT2D eigenvalue weighted by Gasteiger charge is 2.16. The predicted octanol–water partition coefficient (Wildman–Crippen LogP) is 2.66. The fourth-order valence-corrected chi connectivity index (χ4v) is 2.48. The lowest BCUT2D eigenvalue weighted by Crippen LogP contribution is -2.35. The molecule has 0 spiro atoms. The van der Waals surface area contributed by atoms with Crippen molar-refractivity contribution in [3.8, 4) is 0 Å². The Balaban J connectivity index is 1.89. The number of aromatic nitrogens is 1. The second-order valence-corrected chi connectivity index (χ2v) is 5.82. The Morgan fingerprint density at radius 3 is 2.48 bits per heavy atom. The molecule has 6 heteroatoms. The van der Waals surface area contributed by atoms with Crippen molar-refractivity contribution in [2.24, 2.45) is 0 Å². The molecule has 0 bridgehead atoms. The number of benzene rings is 1. The molecular formula is C19H22FN3O2. The van der Waals surface area contributed by atoms with Crippen LogP contribution in [-0.4, -0.2) is 41.8 Å². The number of likely N-dealkylation sites (N-methyl/N-ethyl adjacent to an activating group) is 1. The average molecular weight is 343 g/mol. The van der Waals surface area contributed by atoms with Gasteiger partial charge in [0, 0.05) is 51.6 Å². The van der Waals surface area contributed by atoms with Crippen molar-refractivity contribution in [2.45, 2.75) is 19.8 Å². The van der Waals surface area contributed by atoms with Gasteiger partial charge in [0.2, 0.25) is 11.8 Å². The van der Waals surface area contributed by atoms with Gasteiger partial charge in [-0.25, -0.2) is 4.39 Å². The highest BCUT2D eigenvalue weighted by molar-refractivity contribution is 5.92. The molecule has 132 valence electrons. The normalized spacial score (nSPS) is 10.4. The number of hydrogen-bond acceptors (Lipinski definition) is 3. The molecule has 1 heterocycles. The van der Waals surface area contributed by atoms with E-state index in [1.54, 1.807) is 36.5 Å². The third-order valence-corrected chi connectivity index (χ3v) is 3.96. The molecule has 25 heavy (non-hydrogen) atoms. The summed E-state index contributed by atoms with van der Waals surface area (Å²) < 4.78 is 13.4. The van der Waals surface area contributed by atoms with Gasteiger partial charge in [0.05, 0.1) is 0 Å². The van der Waals surface area contributed by atoms with E-state index in [1.165, 1.54) is 24.0 Å². The van der Waals surface area contributed by atoms with Crippen LogP contribution >= 0.6 is 0 Å². The van der Waals surface area contributed by atoms with Crippen molar-refractivity contribution in [2.75, 3.05) is 25.0 Å². The van der Waals surface area contributed by atoms with E-state index in [2.05, 4.69) is 4.98 Å². The number of rotatable bonds is 7. The van der Waals surface area contributed by atoms with Gasteiger partial charge >= 0.3 is 0 Å². The number of nitrogens with zero attached hydrogens (tertiary/aromatic N) is 3. The minimum Gasteiger partial charge on any atom is -0.345 e. The summed E-state index contributed by atoms with van der Waals surface area (Å²) in [7, 11) is 1.74. The molecule has 0 saturated heterocycles. The molecule has 2 amide bonds. The van der Waals surface area contributed by atoms with Crippen LogP contribution in [0.25, 0.3) is 0 Å². The van der Waals surface area contributed by atoms with Crippen LogP contribution in [0.4, 0.5) is 10.1 Å². The monoisotopic (exact) mass is 343 g/mol. The van der Waals surface area contributed by atoms with Crippen LogP contribution in [0.2, 0.25) is 0 Å². The molecule has 0 aliphatic carbocycles. The first kappa shape index (κ1) is 18.6. The van der Waals surface area contributed by atoms with Gasteiger partial charge in [0.25, 0.3) is 0 Å². The smallest absolute Gasteiger partial charge is 0.224 e. The SMILES string of the molecule is CC(=O)N(CCC(=O)N(C)CCc1ccncc1)c1cccc(F)c1. The molecule has 2 aromatic rings. The Kier molecular flexibility index (Phi) is 6.62. The van der Waals surface area contributed by atoms with Gasteiger partial charge in [-0.3, -0.25) is 14.6 Å². The number of anilines is 1. The number of hydrogen-bond donors (Lipinski definition) is 0. The molecule has 5 nitrogen and oxygen atoms in total. The number of carbonyl (C=O) groups excluding carboxylic acids is 2. The fraction of sp³-hybridized carbons (Fsp3) is 0.316. The topological polar surface area (TPSA) is 53.5 Å². The summed E-state index contributed by atoms with van der Waals surface area (Å²) >= 11 is 0. The van der Waals surface area contributed by atoms with Crippen LogP contribution in [0.15, 0.2) is 48.8 Å². The van der Waals surface area contributed by atoms with E-state index >= 15 is 0 Å². The lowest BCUT2D eigenvalue weighted by Gasteiger charge is -2.23. The van der Waals surface area contributed by atoms with Gasteiger partial charge in [-0.1, -0.05) is 6.07 Å². The lowest BCUT2D eigenvalue weighted by molar-refractivity contribution is -0.129. The Morgan fingerprint density at radius 2 is 1.84 bits per heavy atom. The van der Waals surface area contributed by atoms with Crippen LogP contribution in [0.5, 0.6) is 0 Å². The summed E-state index contributed by atoms with van der Waals surface area (Å²) in [6, 6.07) is 9.64. The number of halogens is 1. The Labute approximate surface area is 147 Å². The molecule has 0 atom stereocenters. The largest absolute Gasteiger partial charge is 0.345 e. The number of pyridine rings is 1. The van der Waals surface area contributed by atoms with Crippen molar-refractivity contribution in [1.29, 1.82) is 0 Å². The second kappa shape index (κ2) is 8.92. The van der Waals surface area contributed by atoms with E-state index in [0.29, 0.717) is 12.2 Å². The maximum Gasteiger partial charge on any atom is 0.224 e. The quantitative estimate of drug-likeness (QED) is 0.777. The van der Waals surface area contributed by atoms with Crippen LogP contribution in [0, 0.1) is 5.82 Å². The minimum absolute atomic E-state index is 0.0586. The Hall–Kier alpha value is -2.76. The van der Waals surface area contributed by atoms with Crippen LogP contribution in [-0.2, 0) is 16.0 Å². The standard InChI is InChI=1S/C19H22FN3O2/c1-15(24)23(18-5-3-4-17(20)14-18)13-9-19(25)22(2)12-8-16-6-10-21-11-7-16/h3-7,10-11,14H,8-9,12-13H2,1-2H3. The van der Waals surface area contributed by atoms with E-state index in [0.717, 1.165) is 12.0 Å². The third-order valence-electron chi connectivity index (χ3n) is 3.96. The molecule has 0 fully saturated rings. The van der Waals surface area contributed by atoms with E-state index in [9.17, 15) is 14.0 Å². The predicted molar refractivity (Wildman–Crippen MR) is 94.6 cm³/mol. The molecule has 2 rings (SSSR count). The first-order valence-electron chi connectivity index (χ1n) is 8.14. The molecule has 0 aliphatic rings. The molecule has 0 radical (unpaired) electrons. The average Bonchev–Trinajstić information content (AvgIpc) is 2.60. The van der Waals surface area contributed by atoms with E-state index in [-0.39, 0.29) is 24.8 Å². The van der Waals surface area contributed by atoms with E-state index in [4.69, 9.17) is 0 Å². The highest BCUT2D eigenvalue weighted by Crippen LogP contribution is 2.16. The number of carbonyl (C=O) groups is 2. The summed E-state index contributed by atoms with van der Waals surface area (Å²) in [5, 5.41) is 0. The second-order valence-electron chi connectivity index (χ2n) is 5.82. The van der Waals surface area contributed by atoms with Crippen molar-refractivity contribution in [3.05, 3.63) is 60.2 Å². The Morgan fingerprint density at radius 1 is 1.12 bits per heavy atom. The van der Waals surface area contributed by atoms with Crippen LogP contribution in [0.1, 0.15) is 18.9 Å². The molecular weight excluding hydrogens is 321 g/mol. The van der Waals surface area contributed by atoms with E-state index < -0.39 is 5.82 Å². The van der Waals surface area contributed by atoms with Gasteiger partial charge < -0.3 is 9.80 Å². The maximum atomic E-state index is 13.4. The summed E-state index contributed by atoms with van der Waals surface area (Å²) in [5.74, 6) is -0.695. The Bertz CT molecular complexity index is 722. The first-order chi connectivity index (χ1) is 12.0. The van der Waals surface area contributed by atoms with Gasteiger partial charge in [0.15, 0.2) is 0 Å². The molecule has 0 saturated carbocycles. The molecule has 0 aliphatic heterocycles.